The van der Waals surface area contributed by atoms with E-state index < -0.39 is 0 Å². The second-order valence-electron chi connectivity index (χ2n) is 4.27. The van der Waals surface area contributed by atoms with E-state index in [1.54, 1.807) is 17.4 Å². The van der Waals surface area contributed by atoms with E-state index in [-0.39, 0.29) is 5.82 Å². The zero-order chi connectivity index (χ0) is 13.0. The largest absolute Gasteiger partial charge is 0.374 e. The third kappa shape index (κ3) is 3.31. The van der Waals surface area contributed by atoms with E-state index in [1.807, 2.05) is 13.1 Å². The standard InChI is InChI=1S/C14H17FN2S/c1-17(5-4-14-3-2-6-18-14)13-8-11(10-16)7-12(15)9-13/h2-3,6-9H,4-5,10,16H2,1H3. The number of nitrogens with zero attached hydrogens (tertiary/aromatic N) is 1. The Morgan fingerprint density at radius 1 is 1.33 bits per heavy atom. The molecule has 0 saturated heterocycles. The van der Waals surface area contributed by atoms with E-state index >= 15 is 0 Å². The van der Waals surface area contributed by atoms with Crippen LogP contribution in [0.5, 0.6) is 0 Å². The molecule has 2 aromatic rings. The molecule has 0 aliphatic rings. The summed E-state index contributed by atoms with van der Waals surface area (Å²) in [6, 6.07) is 9.14. The highest BCUT2D eigenvalue weighted by molar-refractivity contribution is 7.09. The molecule has 0 radical (unpaired) electrons. The van der Waals surface area contributed by atoms with Gasteiger partial charge in [-0.3, -0.25) is 0 Å². The van der Waals surface area contributed by atoms with E-state index in [0.717, 1.165) is 24.2 Å². The van der Waals surface area contributed by atoms with Crippen molar-refractivity contribution in [3.63, 3.8) is 0 Å². The number of hydrogen-bond acceptors (Lipinski definition) is 3. The number of likely N-dealkylation sites (N-methyl/N-ethyl adjacent to an activating group) is 1. The summed E-state index contributed by atoms with van der Waals surface area (Å²) >= 11 is 1.75. The van der Waals surface area contributed by atoms with Crippen LogP contribution in [0.1, 0.15) is 10.4 Å². The Morgan fingerprint density at radius 3 is 2.83 bits per heavy atom. The highest BCUT2D eigenvalue weighted by atomic mass is 32.1. The molecule has 1 aromatic heterocycles. The fraction of sp³-hybridized carbons (Fsp3) is 0.286. The van der Waals surface area contributed by atoms with Crippen molar-refractivity contribution in [3.05, 3.63) is 52.0 Å². The number of halogens is 1. The topological polar surface area (TPSA) is 29.3 Å². The van der Waals surface area contributed by atoms with E-state index in [1.165, 1.54) is 10.9 Å². The highest BCUT2D eigenvalue weighted by Gasteiger charge is 2.05. The molecular weight excluding hydrogens is 247 g/mol. The average molecular weight is 264 g/mol. The second kappa shape index (κ2) is 5.98. The number of rotatable bonds is 5. The normalized spacial score (nSPS) is 10.6. The smallest absolute Gasteiger partial charge is 0.125 e. The van der Waals surface area contributed by atoms with Crippen LogP contribution in [-0.4, -0.2) is 13.6 Å². The summed E-state index contributed by atoms with van der Waals surface area (Å²) in [6.45, 7) is 1.23. The molecule has 2 N–H and O–H groups in total. The van der Waals surface area contributed by atoms with Crippen molar-refractivity contribution in [1.29, 1.82) is 0 Å². The van der Waals surface area contributed by atoms with Crippen molar-refractivity contribution in [1.82, 2.24) is 0 Å². The first-order valence-electron chi connectivity index (χ1n) is 5.92. The first-order chi connectivity index (χ1) is 8.69. The SMILES string of the molecule is CN(CCc1cccs1)c1cc(F)cc(CN)c1. The zero-order valence-corrected chi connectivity index (χ0v) is 11.2. The van der Waals surface area contributed by atoms with Crippen LogP contribution < -0.4 is 10.6 Å². The van der Waals surface area contributed by atoms with E-state index in [2.05, 4.69) is 22.4 Å². The van der Waals surface area contributed by atoms with Gasteiger partial charge in [-0.1, -0.05) is 6.07 Å². The molecule has 0 aliphatic carbocycles. The van der Waals surface area contributed by atoms with Crippen molar-refractivity contribution >= 4 is 17.0 Å². The van der Waals surface area contributed by atoms with Crippen molar-refractivity contribution in [2.24, 2.45) is 5.73 Å². The molecule has 18 heavy (non-hydrogen) atoms. The molecule has 4 heteroatoms. The zero-order valence-electron chi connectivity index (χ0n) is 10.4. The van der Waals surface area contributed by atoms with Gasteiger partial charge in [0, 0.05) is 30.7 Å². The Bertz CT molecular complexity index is 497. The Balaban J connectivity index is 2.03. The van der Waals surface area contributed by atoms with Crippen LogP contribution >= 0.6 is 11.3 Å². The maximum Gasteiger partial charge on any atom is 0.125 e. The summed E-state index contributed by atoms with van der Waals surface area (Å²) in [5.41, 5.74) is 7.26. The minimum absolute atomic E-state index is 0.226. The first kappa shape index (κ1) is 13.1. The lowest BCUT2D eigenvalue weighted by molar-refractivity contribution is 0.624. The highest BCUT2D eigenvalue weighted by Crippen LogP contribution is 2.18. The number of nitrogens with two attached hydrogens (primary N) is 1. The van der Waals surface area contributed by atoms with Crippen molar-refractivity contribution in [2.75, 3.05) is 18.5 Å². The van der Waals surface area contributed by atoms with E-state index in [9.17, 15) is 4.39 Å². The van der Waals surface area contributed by atoms with Crippen LogP contribution in [0.2, 0.25) is 0 Å². The summed E-state index contributed by atoms with van der Waals surface area (Å²) < 4.78 is 13.4. The van der Waals surface area contributed by atoms with Gasteiger partial charge < -0.3 is 10.6 Å². The maximum absolute atomic E-state index is 13.4. The lowest BCUT2D eigenvalue weighted by Crippen LogP contribution is -2.20. The molecule has 0 atom stereocenters. The molecule has 2 rings (SSSR count). The lowest BCUT2D eigenvalue weighted by Gasteiger charge is -2.19. The van der Waals surface area contributed by atoms with Gasteiger partial charge >= 0.3 is 0 Å². The molecule has 0 bridgehead atoms. The van der Waals surface area contributed by atoms with Gasteiger partial charge in [-0.15, -0.1) is 11.3 Å². The van der Waals surface area contributed by atoms with Gasteiger partial charge in [-0.25, -0.2) is 4.39 Å². The fourth-order valence-corrected chi connectivity index (χ4v) is 2.53. The number of anilines is 1. The Labute approximate surface area is 111 Å². The molecule has 96 valence electrons. The predicted octanol–water partition coefficient (Wildman–Crippen LogP) is 3.02. The third-order valence-corrected chi connectivity index (χ3v) is 3.83. The van der Waals surface area contributed by atoms with Gasteiger partial charge in [0.15, 0.2) is 0 Å². The number of hydrogen-bond donors (Lipinski definition) is 1. The van der Waals surface area contributed by atoms with Crippen LogP contribution in [0.4, 0.5) is 10.1 Å². The van der Waals surface area contributed by atoms with Gasteiger partial charge in [0.25, 0.3) is 0 Å². The van der Waals surface area contributed by atoms with Crippen molar-refractivity contribution in [3.8, 4) is 0 Å². The lowest BCUT2D eigenvalue weighted by atomic mass is 10.2. The monoisotopic (exact) mass is 264 g/mol. The first-order valence-corrected chi connectivity index (χ1v) is 6.80. The molecule has 0 unspecified atom stereocenters. The molecule has 0 aliphatic heterocycles. The molecule has 0 spiro atoms. The quantitative estimate of drug-likeness (QED) is 0.899. The van der Waals surface area contributed by atoms with E-state index in [0.29, 0.717) is 6.54 Å². The van der Waals surface area contributed by atoms with Gasteiger partial charge in [0.1, 0.15) is 5.82 Å². The summed E-state index contributed by atoms with van der Waals surface area (Å²) in [7, 11) is 1.97. The summed E-state index contributed by atoms with van der Waals surface area (Å²) in [6.07, 6.45) is 0.975. The molecule has 0 amide bonds. The molecular formula is C14H17FN2S. The van der Waals surface area contributed by atoms with Crippen molar-refractivity contribution < 1.29 is 4.39 Å². The number of benzene rings is 1. The molecule has 1 heterocycles. The van der Waals surface area contributed by atoms with E-state index in [4.69, 9.17) is 5.73 Å². The van der Waals surface area contributed by atoms with Gasteiger partial charge in [-0.2, -0.15) is 0 Å². The third-order valence-electron chi connectivity index (χ3n) is 2.89. The Morgan fingerprint density at radius 2 is 2.17 bits per heavy atom. The Kier molecular flexibility index (Phi) is 4.33. The molecule has 0 saturated carbocycles. The van der Waals surface area contributed by atoms with Gasteiger partial charge in [0.05, 0.1) is 0 Å². The van der Waals surface area contributed by atoms with Crippen LogP contribution in [0, 0.1) is 5.82 Å². The maximum atomic E-state index is 13.4. The number of thiophene rings is 1. The minimum atomic E-state index is -0.226. The molecule has 2 nitrogen and oxygen atoms in total. The van der Waals surface area contributed by atoms with Gasteiger partial charge in [0.2, 0.25) is 0 Å². The predicted molar refractivity (Wildman–Crippen MR) is 75.6 cm³/mol. The van der Waals surface area contributed by atoms with Crippen molar-refractivity contribution in [2.45, 2.75) is 13.0 Å². The fourth-order valence-electron chi connectivity index (χ4n) is 1.83. The summed E-state index contributed by atoms with van der Waals surface area (Å²) in [5, 5.41) is 2.07. The summed E-state index contributed by atoms with van der Waals surface area (Å²) in [4.78, 5) is 3.40. The molecule has 0 fully saturated rings. The van der Waals surface area contributed by atoms with Crippen LogP contribution in [0.25, 0.3) is 0 Å². The molecule has 1 aromatic carbocycles. The minimum Gasteiger partial charge on any atom is -0.374 e. The second-order valence-corrected chi connectivity index (χ2v) is 5.30. The van der Waals surface area contributed by atoms with Crippen LogP contribution in [-0.2, 0) is 13.0 Å². The Hall–Kier alpha value is -1.39. The van der Waals surface area contributed by atoms with Crippen LogP contribution in [0.15, 0.2) is 35.7 Å². The average Bonchev–Trinajstić information content (AvgIpc) is 2.88. The van der Waals surface area contributed by atoms with Gasteiger partial charge in [-0.05, 0) is 41.6 Å². The summed E-state index contributed by atoms with van der Waals surface area (Å²) in [5.74, 6) is -0.226. The van der Waals surface area contributed by atoms with Crippen LogP contribution in [0.3, 0.4) is 0 Å².